The second-order valence-corrected chi connectivity index (χ2v) is 6.67. The second-order valence-electron chi connectivity index (χ2n) is 6.67. The molecule has 128 valence electrons. The van der Waals surface area contributed by atoms with Crippen molar-refractivity contribution >= 4 is 6.03 Å². The van der Waals surface area contributed by atoms with E-state index in [4.69, 9.17) is 0 Å². The van der Waals surface area contributed by atoms with E-state index in [9.17, 15) is 9.90 Å². The summed E-state index contributed by atoms with van der Waals surface area (Å²) in [6.07, 6.45) is 1.59. The van der Waals surface area contributed by atoms with Crippen LogP contribution in [0.4, 0.5) is 4.79 Å². The number of likely N-dealkylation sites (tertiary alicyclic amines) is 1. The van der Waals surface area contributed by atoms with E-state index < -0.39 is 0 Å². The van der Waals surface area contributed by atoms with E-state index in [2.05, 4.69) is 22.3 Å². The first-order valence-electron chi connectivity index (χ1n) is 8.41. The Bertz CT molecular complexity index is 490. The molecule has 1 heterocycles. The van der Waals surface area contributed by atoms with Crippen LogP contribution in [0.5, 0.6) is 0 Å². The predicted octanol–water partition coefficient (Wildman–Crippen LogP) is 2.09. The molecule has 1 aliphatic heterocycles. The molecule has 3 unspecified atom stereocenters. The number of carbonyl (C=O) groups is 1. The normalized spacial score (nSPS) is 21.1. The molecule has 0 aliphatic carbocycles. The van der Waals surface area contributed by atoms with Crippen molar-refractivity contribution in [3.63, 3.8) is 0 Å². The first-order valence-corrected chi connectivity index (χ1v) is 8.41. The molecule has 0 radical (unpaired) electrons. The van der Waals surface area contributed by atoms with Crippen LogP contribution in [-0.2, 0) is 0 Å². The van der Waals surface area contributed by atoms with Gasteiger partial charge in [0.05, 0.1) is 12.1 Å². The van der Waals surface area contributed by atoms with Gasteiger partial charge in [0.15, 0.2) is 0 Å². The summed E-state index contributed by atoms with van der Waals surface area (Å²) in [6, 6.07) is 10.3. The third-order valence-electron chi connectivity index (χ3n) is 4.68. The number of aliphatic hydroxyl groups is 1. The molecule has 0 aromatic heterocycles. The van der Waals surface area contributed by atoms with Crippen LogP contribution in [-0.4, -0.2) is 60.8 Å². The fourth-order valence-electron chi connectivity index (χ4n) is 3.16. The maximum Gasteiger partial charge on any atom is 0.317 e. The van der Waals surface area contributed by atoms with Gasteiger partial charge in [-0.3, -0.25) is 0 Å². The Kier molecular flexibility index (Phi) is 6.42. The highest BCUT2D eigenvalue weighted by atomic mass is 16.3. The minimum atomic E-state index is -0.357. The number of hydrogen-bond acceptors (Lipinski definition) is 3. The number of piperidine rings is 1. The van der Waals surface area contributed by atoms with Gasteiger partial charge in [-0.25, -0.2) is 4.79 Å². The van der Waals surface area contributed by atoms with Crippen LogP contribution in [0.3, 0.4) is 0 Å². The van der Waals surface area contributed by atoms with E-state index in [0.29, 0.717) is 13.1 Å². The fraction of sp³-hybridized carbons (Fsp3) is 0.611. The summed E-state index contributed by atoms with van der Waals surface area (Å²) in [5.74, 6) is 0.188. The lowest BCUT2D eigenvalue weighted by molar-refractivity contribution is 0.0735. The quantitative estimate of drug-likeness (QED) is 0.874. The lowest BCUT2D eigenvalue weighted by atomic mass is 9.94. The molecule has 1 fully saturated rings. The van der Waals surface area contributed by atoms with E-state index in [1.165, 1.54) is 5.56 Å². The van der Waals surface area contributed by atoms with Gasteiger partial charge in [0.25, 0.3) is 0 Å². The molecule has 0 saturated carbocycles. The summed E-state index contributed by atoms with van der Waals surface area (Å²) in [4.78, 5) is 16.4. The molecular weight excluding hydrogens is 290 g/mol. The Labute approximate surface area is 139 Å². The number of likely N-dealkylation sites (N-methyl/N-ethyl adjacent to an activating group) is 1. The average Bonchev–Trinajstić information content (AvgIpc) is 2.55. The molecular formula is C18H29N3O2. The smallest absolute Gasteiger partial charge is 0.317 e. The Hall–Kier alpha value is -1.59. The van der Waals surface area contributed by atoms with Crippen molar-refractivity contribution in [1.29, 1.82) is 0 Å². The molecule has 0 spiro atoms. The second kappa shape index (κ2) is 8.31. The number of hydrogen-bond donors (Lipinski definition) is 2. The maximum atomic E-state index is 12.4. The van der Waals surface area contributed by atoms with Crippen LogP contribution in [0.25, 0.3) is 0 Å². The Morgan fingerprint density at radius 2 is 2.09 bits per heavy atom. The SMILES string of the molecule is CC(O)C1CCCN(C(=O)NCC(c2ccccc2)N(C)C)C1. The minimum absolute atomic E-state index is 0.0295. The van der Waals surface area contributed by atoms with Gasteiger partial charge in [-0.05, 0) is 39.4 Å². The van der Waals surface area contributed by atoms with Gasteiger partial charge in [0, 0.05) is 25.6 Å². The lowest BCUT2D eigenvalue weighted by Crippen LogP contribution is -2.48. The number of rotatable bonds is 5. The third-order valence-corrected chi connectivity index (χ3v) is 4.68. The fourth-order valence-corrected chi connectivity index (χ4v) is 3.16. The molecule has 1 aromatic carbocycles. The molecule has 2 rings (SSSR count). The van der Waals surface area contributed by atoms with Gasteiger partial charge in [-0.2, -0.15) is 0 Å². The summed E-state index contributed by atoms with van der Waals surface area (Å²) in [6.45, 7) is 3.80. The summed E-state index contributed by atoms with van der Waals surface area (Å²) in [5.41, 5.74) is 1.19. The highest BCUT2D eigenvalue weighted by Crippen LogP contribution is 2.20. The molecule has 5 heteroatoms. The largest absolute Gasteiger partial charge is 0.393 e. The molecule has 2 N–H and O–H groups in total. The number of aliphatic hydroxyl groups excluding tert-OH is 1. The Morgan fingerprint density at radius 3 is 2.70 bits per heavy atom. The summed E-state index contributed by atoms with van der Waals surface area (Å²) >= 11 is 0. The molecule has 2 amide bonds. The maximum absolute atomic E-state index is 12.4. The molecule has 1 saturated heterocycles. The number of nitrogens with one attached hydrogen (secondary N) is 1. The highest BCUT2D eigenvalue weighted by Gasteiger charge is 2.27. The standard InChI is InChI=1S/C18H29N3O2/c1-14(22)16-10-7-11-21(13-16)18(23)19-12-17(20(2)3)15-8-5-4-6-9-15/h4-6,8-9,14,16-17,22H,7,10-13H2,1-3H3,(H,19,23). The molecule has 0 bridgehead atoms. The van der Waals surface area contributed by atoms with Crippen LogP contribution < -0.4 is 5.32 Å². The summed E-state index contributed by atoms with van der Waals surface area (Å²) in [7, 11) is 4.04. The number of urea groups is 1. The van der Waals surface area contributed by atoms with E-state index in [1.54, 1.807) is 0 Å². The molecule has 5 nitrogen and oxygen atoms in total. The van der Waals surface area contributed by atoms with Crippen LogP contribution in [0.1, 0.15) is 31.4 Å². The van der Waals surface area contributed by atoms with Crippen molar-refractivity contribution in [1.82, 2.24) is 15.1 Å². The summed E-state index contributed by atoms with van der Waals surface area (Å²) < 4.78 is 0. The van der Waals surface area contributed by atoms with Gasteiger partial charge in [-0.15, -0.1) is 0 Å². The van der Waals surface area contributed by atoms with Crippen LogP contribution in [0.15, 0.2) is 30.3 Å². The van der Waals surface area contributed by atoms with Gasteiger partial charge < -0.3 is 20.2 Å². The Balaban J connectivity index is 1.91. The van der Waals surface area contributed by atoms with Gasteiger partial charge in [0.2, 0.25) is 0 Å². The van der Waals surface area contributed by atoms with Crippen LogP contribution in [0.2, 0.25) is 0 Å². The van der Waals surface area contributed by atoms with E-state index in [1.807, 2.05) is 44.1 Å². The van der Waals surface area contributed by atoms with Crippen molar-refractivity contribution < 1.29 is 9.90 Å². The molecule has 3 atom stereocenters. The highest BCUT2D eigenvalue weighted by molar-refractivity contribution is 5.74. The first-order chi connectivity index (χ1) is 11.0. The number of carbonyl (C=O) groups excluding carboxylic acids is 1. The topological polar surface area (TPSA) is 55.8 Å². The van der Waals surface area contributed by atoms with Gasteiger partial charge in [-0.1, -0.05) is 30.3 Å². The van der Waals surface area contributed by atoms with E-state index in [0.717, 1.165) is 19.4 Å². The zero-order chi connectivity index (χ0) is 16.8. The molecule has 23 heavy (non-hydrogen) atoms. The Morgan fingerprint density at radius 1 is 1.39 bits per heavy atom. The monoisotopic (exact) mass is 319 g/mol. The summed E-state index contributed by atoms with van der Waals surface area (Å²) in [5, 5.41) is 12.8. The van der Waals surface area contributed by atoms with Crippen LogP contribution in [0, 0.1) is 5.92 Å². The lowest BCUT2D eigenvalue weighted by Gasteiger charge is -2.35. The van der Waals surface area contributed by atoms with Crippen molar-refractivity contribution in [3.05, 3.63) is 35.9 Å². The van der Waals surface area contributed by atoms with Crippen molar-refractivity contribution in [2.45, 2.75) is 31.9 Å². The van der Waals surface area contributed by atoms with Crippen molar-refractivity contribution in [2.75, 3.05) is 33.7 Å². The molecule has 1 aliphatic rings. The number of benzene rings is 1. The van der Waals surface area contributed by atoms with Gasteiger partial charge in [0.1, 0.15) is 0 Å². The van der Waals surface area contributed by atoms with Crippen molar-refractivity contribution in [2.24, 2.45) is 5.92 Å². The first kappa shape index (κ1) is 17.8. The van der Waals surface area contributed by atoms with E-state index >= 15 is 0 Å². The average molecular weight is 319 g/mol. The molecule has 1 aromatic rings. The zero-order valence-electron chi connectivity index (χ0n) is 14.4. The number of nitrogens with zero attached hydrogens (tertiary/aromatic N) is 2. The predicted molar refractivity (Wildman–Crippen MR) is 92.2 cm³/mol. The number of amides is 2. The van der Waals surface area contributed by atoms with Crippen LogP contribution >= 0.6 is 0 Å². The minimum Gasteiger partial charge on any atom is -0.393 e. The zero-order valence-corrected chi connectivity index (χ0v) is 14.4. The van der Waals surface area contributed by atoms with Crippen molar-refractivity contribution in [3.8, 4) is 0 Å². The van der Waals surface area contributed by atoms with E-state index in [-0.39, 0.29) is 24.1 Å². The third kappa shape index (κ3) is 4.94. The van der Waals surface area contributed by atoms with Gasteiger partial charge >= 0.3 is 6.03 Å².